The molecule has 0 aliphatic rings. The van der Waals surface area contributed by atoms with E-state index in [2.05, 4.69) is 27.9 Å². The maximum atomic E-state index is 11.9. The molecule has 0 fully saturated rings. The van der Waals surface area contributed by atoms with Crippen molar-refractivity contribution in [2.24, 2.45) is 5.92 Å². The van der Waals surface area contributed by atoms with Crippen LogP contribution in [0.25, 0.3) is 0 Å². The second-order valence-electron chi connectivity index (χ2n) is 6.18. The summed E-state index contributed by atoms with van der Waals surface area (Å²) in [6.45, 7) is 1.92. The molecule has 0 aromatic heterocycles. The molecule has 0 unspecified atom stereocenters. The predicted octanol–water partition coefficient (Wildman–Crippen LogP) is 4.22. The van der Waals surface area contributed by atoms with Crippen LogP contribution in [0.15, 0.2) is 54.6 Å². The number of para-hydroxylation sites is 2. The lowest BCUT2D eigenvalue weighted by atomic mass is 9.93. The van der Waals surface area contributed by atoms with Crippen LogP contribution in [-0.2, 0) is 4.79 Å². The fourth-order valence-electron chi connectivity index (χ4n) is 2.56. The van der Waals surface area contributed by atoms with Gasteiger partial charge in [0, 0.05) is 9.13 Å². The fourth-order valence-corrected chi connectivity index (χ4v) is 3.08. The number of nitrogens with two attached hydrogens (primary N) is 1. The van der Waals surface area contributed by atoms with Crippen LogP contribution in [0.5, 0.6) is 5.75 Å². The van der Waals surface area contributed by atoms with Crippen LogP contribution in [0.2, 0.25) is 0 Å². The molecule has 26 heavy (non-hydrogen) atoms. The third kappa shape index (κ3) is 5.74. The summed E-state index contributed by atoms with van der Waals surface area (Å²) in [5.74, 6) is -0.205. The molecule has 0 radical (unpaired) electrons. The molecule has 0 heterocycles. The highest BCUT2D eigenvalue weighted by molar-refractivity contribution is 14.1. The van der Waals surface area contributed by atoms with Crippen molar-refractivity contribution in [1.82, 2.24) is 0 Å². The molecule has 0 bridgehead atoms. The van der Waals surface area contributed by atoms with E-state index in [9.17, 15) is 15.0 Å². The number of aliphatic hydroxyl groups excluding tert-OH is 1. The average molecular weight is 466 g/mol. The highest BCUT2D eigenvalue weighted by Gasteiger charge is 2.19. The van der Waals surface area contributed by atoms with Gasteiger partial charge in [0.15, 0.2) is 0 Å². The van der Waals surface area contributed by atoms with E-state index in [-0.39, 0.29) is 17.6 Å². The maximum Gasteiger partial charge on any atom is 0.248 e. The number of allylic oxidation sites excluding steroid dienone is 1. The van der Waals surface area contributed by atoms with E-state index in [1.807, 2.05) is 6.92 Å². The number of aromatic hydroxyl groups is 1. The molecular weight excluding hydrogens is 443 g/mol. The third-order valence-electron chi connectivity index (χ3n) is 4.12. The summed E-state index contributed by atoms with van der Waals surface area (Å²) in [6.07, 6.45) is 3.81. The lowest BCUT2D eigenvalue weighted by Crippen LogP contribution is -2.10. The van der Waals surface area contributed by atoms with Crippen molar-refractivity contribution in [1.29, 1.82) is 0 Å². The molecule has 0 saturated carbocycles. The van der Waals surface area contributed by atoms with Crippen LogP contribution < -0.4 is 11.1 Å². The Labute approximate surface area is 167 Å². The first kappa shape index (κ1) is 20.3. The Morgan fingerprint density at radius 3 is 2.77 bits per heavy atom. The summed E-state index contributed by atoms with van der Waals surface area (Å²) >= 11 is 2.15. The van der Waals surface area contributed by atoms with Crippen LogP contribution >= 0.6 is 22.6 Å². The van der Waals surface area contributed by atoms with E-state index >= 15 is 0 Å². The number of rotatable bonds is 7. The van der Waals surface area contributed by atoms with Crippen LogP contribution in [0.4, 0.5) is 11.4 Å². The molecular formula is C20H23IN2O3. The number of nitrogen functional groups attached to an aromatic ring is 1. The zero-order chi connectivity index (χ0) is 19.1. The largest absolute Gasteiger partial charge is 0.508 e. The van der Waals surface area contributed by atoms with Gasteiger partial charge in [0.2, 0.25) is 5.91 Å². The molecule has 0 aliphatic carbocycles. The third-order valence-corrected chi connectivity index (χ3v) is 4.79. The van der Waals surface area contributed by atoms with Crippen LogP contribution in [0.1, 0.15) is 31.4 Å². The fraction of sp³-hybridized carbons (Fsp3) is 0.250. The lowest BCUT2D eigenvalue weighted by Gasteiger charge is -2.19. The van der Waals surface area contributed by atoms with E-state index < -0.39 is 6.10 Å². The van der Waals surface area contributed by atoms with Crippen LogP contribution in [-0.4, -0.2) is 16.1 Å². The van der Waals surface area contributed by atoms with Crippen molar-refractivity contribution in [2.75, 3.05) is 11.1 Å². The van der Waals surface area contributed by atoms with Gasteiger partial charge in [-0.05, 0) is 77.8 Å². The van der Waals surface area contributed by atoms with Crippen molar-refractivity contribution in [3.63, 3.8) is 0 Å². The molecule has 6 heteroatoms. The zero-order valence-electron chi connectivity index (χ0n) is 14.5. The molecule has 0 spiro atoms. The number of phenolic OH excluding ortho intramolecular Hbond substituents is 1. The molecule has 5 nitrogen and oxygen atoms in total. The molecule has 1 amide bonds. The lowest BCUT2D eigenvalue weighted by molar-refractivity contribution is -0.111. The Bertz CT molecular complexity index is 792. The Balaban J connectivity index is 1.84. The number of benzene rings is 2. The topological polar surface area (TPSA) is 95.6 Å². The Morgan fingerprint density at radius 2 is 2.04 bits per heavy atom. The summed E-state index contributed by atoms with van der Waals surface area (Å²) in [5, 5.41) is 23.1. The molecule has 2 aromatic carbocycles. The molecule has 2 rings (SSSR count). The van der Waals surface area contributed by atoms with Crippen molar-refractivity contribution in [3.05, 3.63) is 63.8 Å². The van der Waals surface area contributed by atoms with Crippen molar-refractivity contribution in [2.45, 2.75) is 25.9 Å². The second-order valence-corrected chi connectivity index (χ2v) is 7.43. The number of amides is 1. The van der Waals surface area contributed by atoms with E-state index in [1.165, 1.54) is 6.08 Å². The number of halogens is 1. The highest BCUT2D eigenvalue weighted by Crippen LogP contribution is 2.32. The number of aliphatic hydroxyl groups is 1. The molecule has 0 saturated heterocycles. The average Bonchev–Trinajstić information content (AvgIpc) is 2.62. The van der Waals surface area contributed by atoms with Crippen molar-refractivity contribution >= 4 is 39.9 Å². The second kappa shape index (κ2) is 9.59. The first-order valence-electron chi connectivity index (χ1n) is 8.37. The zero-order valence-corrected chi connectivity index (χ0v) is 16.7. The van der Waals surface area contributed by atoms with E-state index in [4.69, 9.17) is 5.73 Å². The monoisotopic (exact) mass is 466 g/mol. The smallest absolute Gasteiger partial charge is 0.248 e. The first-order valence-corrected chi connectivity index (χ1v) is 9.45. The van der Waals surface area contributed by atoms with Gasteiger partial charge in [-0.3, -0.25) is 4.79 Å². The minimum absolute atomic E-state index is 0.0587. The Morgan fingerprint density at radius 1 is 1.31 bits per heavy atom. The molecule has 138 valence electrons. The Kier molecular flexibility index (Phi) is 7.47. The van der Waals surface area contributed by atoms with Gasteiger partial charge in [0.25, 0.3) is 0 Å². The molecule has 2 atom stereocenters. The van der Waals surface area contributed by atoms with Gasteiger partial charge < -0.3 is 21.3 Å². The number of anilines is 2. The standard InChI is InChI=1S/C20H23IN2O3/c1-13(20(26)15-12-14(21)10-11-18(15)24)6-2-5-9-19(25)23-17-8-4-3-7-16(17)22/h3-5,7-13,20,24,26H,2,6,22H2,1H3,(H,23,25)/b9-5+/t13-,20+/m0/s1. The number of nitrogens with one attached hydrogen (secondary N) is 1. The predicted molar refractivity (Wildman–Crippen MR) is 113 cm³/mol. The molecule has 5 N–H and O–H groups in total. The summed E-state index contributed by atoms with van der Waals surface area (Å²) in [6, 6.07) is 12.2. The van der Waals surface area contributed by atoms with Gasteiger partial charge in [-0.1, -0.05) is 25.1 Å². The van der Waals surface area contributed by atoms with Gasteiger partial charge >= 0.3 is 0 Å². The first-order chi connectivity index (χ1) is 12.4. The highest BCUT2D eigenvalue weighted by atomic mass is 127. The van der Waals surface area contributed by atoms with E-state index in [0.29, 0.717) is 29.8 Å². The van der Waals surface area contributed by atoms with Gasteiger partial charge in [-0.2, -0.15) is 0 Å². The van der Waals surface area contributed by atoms with Gasteiger partial charge in [0.1, 0.15) is 5.75 Å². The van der Waals surface area contributed by atoms with Crippen molar-refractivity contribution < 1.29 is 15.0 Å². The SMILES string of the molecule is C[C@@H](CC/C=C/C(=O)Nc1ccccc1N)[C@@H](O)c1cc(I)ccc1O. The molecule has 0 aliphatic heterocycles. The van der Waals surface area contributed by atoms with Gasteiger partial charge in [-0.15, -0.1) is 0 Å². The normalized spacial score (nSPS) is 13.5. The van der Waals surface area contributed by atoms with Crippen LogP contribution in [0.3, 0.4) is 0 Å². The number of carbonyl (C=O) groups is 1. The Hall–Kier alpha value is -2.06. The summed E-state index contributed by atoms with van der Waals surface area (Å²) in [5.41, 5.74) is 7.42. The van der Waals surface area contributed by atoms with E-state index in [1.54, 1.807) is 48.5 Å². The quantitative estimate of drug-likeness (QED) is 0.279. The van der Waals surface area contributed by atoms with Crippen molar-refractivity contribution in [3.8, 4) is 5.75 Å². The summed E-state index contributed by atoms with van der Waals surface area (Å²) in [4.78, 5) is 11.9. The summed E-state index contributed by atoms with van der Waals surface area (Å²) in [7, 11) is 0. The number of phenols is 1. The van der Waals surface area contributed by atoms with E-state index in [0.717, 1.165) is 3.57 Å². The number of hydrogen-bond acceptors (Lipinski definition) is 4. The van der Waals surface area contributed by atoms with Gasteiger partial charge in [-0.25, -0.2) is 0 Å². The molecule has 2 aromatic rings. The minimum atomic E-state index is -0.754. The number of carbonyl (C=O) groups excluding carboxylic acids is 1. The summed E-state index contributed by atoms with van der Waals surface area (Å²) < 4.78 is 0.957. The van der Waals surface area contributed by atoms with Crippen LogP contribution in [0, 0.1) is 9.49 Å². The maximum absolute atomic E-state index is 11.9. The minimum Gasteiger partial charge on any atom is -0.508 e. The number of hydrogen-bond donors (Lipinski definition) is 4. The van der Waals surface area contributed by atoms with Gasteiger partial charge in [0.05, 0.1) is 17.5 Å².